The van der Waals surface area contributed by atoms with E-state index in [9.17, 15) is 9.59 Å². The summed E-state index contributed by atoms with van der Waals surface area (Å²) in [5.74, 6) is -0.198. The molecule has 0 heterocycles. The van der Waals surface area contributed by atoms with Gasteiger partial charge in [0, 0.05) is 16.9 Å². The zero-order valence-corrected chi connectivity index (χ0v) is 13.5. The molecule has 0 aliphatic heterocycles. The van der Waals surface area contributed by atoms with Crippen LogP contribution in [0.1, 0.15) is 28.4 Å². The highest BCUT2D eigenvalue weighted by Gasteiger charge is 2.08. The van der Waals surface area contributed by atoms with Crippen LogP contribution < -0.4 is 10.6 Å². The van der Waals surface area contributed by atoms with Gasteiger partial charge in [0.05, 0.1) is 6.61 Å². The average molecular weight is 312 g/mol. The lowest BCUT2D eigenvalue weighted by Gasteiger charge is -2.09. The maximum atomic E-state index is 12.2. The van der Waals surface area contributed by atoms with E-state index in [0.29, 0.717) is 17.9 Å². The number of benzene rings is 2. The fourth-order valence-corrected chi connectivity index (χ4v) is 2.01. The first-order chi connectivity index (χ1) is 11.0. The van der Waals surface area contributed by atoms with Crippen LogP contribution in [-0.2, 0) is 4.74 Å². The summed E-state index contributed by atoms with van der Waals surface area (Å²) >= 11 is 0. The van der Waals surface area contributed by atoms with Crippen molar-refractivity contribution >= 4 is 23.4 Å². The van der Waals surface area contributed by atoms with Crippen LogP contribution in [0.25, 0.3) is 0 Å². The average Bonchev–Trinajstić information content (AvgIpc) is 2.52. The van der Waals surface area contributed by atoms with Gasteiger partial charge in [-0.15, -0.1) is 0 Å². The molecule has 0 bridgehead atoms. The quantitative estimate of drug-likeness (QED) is 0.892. The molecule has 2 aromatic carbocycles. The van der Waals surface area contributed by atoms with Crippen LogP contribution in [0.15, 0.2) is 42.5 Å². The second-order valence-electron chi connectivity index (χ2n) is 5.18. The van der Waals surface area contributed by atoms with Gasteiger partial charge in [-0.3, -0.25) is 10.1 Å². The molecule has 0 saturated heterocycles. The number of carbonyl (C=O) groups is 2. The fraction of sp³-hybridized carbons (Fsp3) is 0.222. The molecule has 5 heteroatoms. The maximum Gasteiger partial charge on any atom is 0.411 e. The van der Waals surface area contributed by atoms with Crippen molar-refractivity contribution in [3.8, 4) is 0 Å². The Labute approximate surface area is 135 Å². The summed E-state index contributed by atoms with van der Waals surface area (Å²) in [5, 5.41) is 5.44. The number of hydrogen-bond acceptors (Lipinski definition) is 3. The third-order valence-electron chi connectivity index (χ3n) is 3.43. The molecule has 0 aliphatic carbocycles. The number of carbonyl (C=O) groups excluding carboxylic acids is 2. The summed E-state index contributed by atoms with van der Waals surface area (Å²) in [4.78, 5) is 23.5. The normalized spacial score (nSPS) is 10.0. The monoisotopic (exact) mass is 312 g/mol. The summed E-state index contributed by atoms with van der Waals surface area (Å²) in [6.45, 7) is 6.07. The number of ether oxygens (including phenoxy) is 1. The van der Waals surface area contributed by atoms with Crippen LogP contribution in [0.4, 0.5) is 16.2 Å². The van der Waals surface area contributed by atoms with Crippen molar-refractivity contribution in [2.75, 3.05) is 17.2 Å². The summed E-state index contributed by atoms with van der Waals surface area (Å²) in [6, 6.07) is 12.4. The zero-order chi connectivity index (χ0) is 16.8. The first-order valence-electron chi connectivity index (χ1n) is 7.42. The lowest BCUT2D eigenvalue weighted by Crippen LogP contribution is -2.14. The van der Waals surface area contributed by atoms with E-state index < -0.39 is 6.09 Å². The molecule has 0 radical (unpaired) electrons. The SMILES string of the molecule is CCOC(=O)Nc1ccc(C(=O)Nc2ccc(C)c(C)c2)cc1. The van der Waals surface area contributed by atoms with Gasteiger partial charge >= 0.3 is 6.09 Å². The van der Waals surface area contributed by atoms with Crippen LogP contribution in [0.5, 0.6) is 0 Å². The standard InChI is InChI=1S/C18H20N2O3/c1-4-23-18(22)20-15-9-6-14(7-10-15)17(21)19-16-8-5-12(2)13(3)11-16/h5-11H,4H2,1-3H3,(H,19,21)(H,20,22). The predicted octanol–water partition coefficient (Wildman–Crippen LogP) is 4.12. The van der Waals surface area contributed by atoms with Crippen molar-refractivity contribution in [3.05, 3.63) is 59.2 Å². The molecule has 2 amide bonds. The number of anilines is 2. The highest BCUT2D eigenvalue weighted by atomic mass is 16.5. The lowest BCUT2D eigenvalue weighted by molar-refractivity contribution is 0.102. The third-order valence-corrected chi connectivity index (χ3v) is 3.43. The lowest BCUT2D eigenvalue weighted by atomic mass is 10.1. The second-order valence-corrected chi connectivity index (χ2v) is 5.18. The zero-order valence-electron chi connectivity index (χ0n) is 13.5. The minimum absolute atomic E-state index is 0.198. The Morgan fingerprint density at radius 1 is 0.913 bits per heavy atom. The van der Waals surface area contributed by atoms with Gasteiger partial charge < -0.3 is 10.1 Å². The van der Waals surface area contributed by atoms with E-state index in [-0.39, 0.29) is 5.91 Å². The molecule has 2 N–H and O–H groups in total. The van der Waals surface area contributed by atoms with Gasteiger partial charge in [0.25, 0.3) is 5.91 Å². The van der Waals surface area contributed by atoms with Crippen LogP contribution >= 0.6 is 0 Å². The number of amides is 2. The fourth-order valence-electron chi connectivity index (χ4n) is 2.01. The number of nitrogens with one attached hydrogen (secondary N) is 2. The number of rotatable bonds is 4. The molecule has 5 nitrogen and oxygen atoms in total. The smallest absolute Gasteiger partial charge is 0.411 e. The van der Waals surface area contributed by atoms with E-state index in [1.54, 1.807) is 31.2 Å². The van der Waals surface area contributed by atoms with E-state index in [1.807, 2.05) is 32.0 Å². The highest BCUT2D eigenvalue weighted by molar-refractivity contribution is 6.04. The number of aryl methyl sites for hydroxylation is 2. The summed E-state index contributed by atoms with van der Waals surface area (Å²) < 4.78 is 4.79. The van der Waals surface area contributed by atoms with E-state index in [2.05, 4.69) is 10.6 Å². The van der Waals surface area contributed by atoms with E-state index in [4.69, 9.17) is 4.74 Å². The Morgan fingerprint density at radius 2 is 1.57 bits per heavy atom. The Morgan fingerprint density at radius 3 is 2.17 bits per heavy atom. The molecule has 2 rings (SSSR count). The van der Waals surface area contributed by atoms with Crippen molar-refractivity contribution in [2.24, 2.45) is 0 Å². The van der Waals surface area contributed by atoms with Crippen LogP contribution in [0.3, 0.4) is 0 Å². The summed E-state index contributed by atoms with van der Waals surface area (Å²) in [5.41, 5.74) is 4.14. The molecule has 23 heavy (non-hydrogen) atoms. The molecule has 0 unspecified atom stereocenters. The van der Waals surface area contributed by atoms with Crippen molar-refractivity contribution in [2.45, 2.75) is 20.8 Å². The Hall–Kier alpha value is -2.82. The minimum Gasteiger partial charge on any atom is -0.450 e. The molecular weight excluding hydrogens is 292 g/mol. The van der Waals surface area contributed by atoms with Crippen LogP contribution in [-0.4, -0.2) is 18.6 Å². The molecule has 0 saturated carbocycles. The molecular formula is C18H20N2O3. The molecule has 0 atom stereocenters. The van der Waals surface area contributed by atoms with Crippen molar-refractivity contribution in [1.29, 1.82) is 0 Å². The van der Waals surface area contributed by atoms with Gasteiger partial charge in [-0.25, -0.2) is 4.79 Å². The van der Waals surface area contributed by atoms with E-state index in [0.717, 1.165) is 11.3 Å². The third kappa shape index (κ3) is 4.57. The van der Waals surface area contributed by atoms with Gasteiger partial charge in [0.15, 0.2) is 0 Å². The van der Waals surface area contributed by atoms with Crippen molar-refractivity contribution in [3.63, 3.8) is 0 Å². The second kappa shape index (κ2) is 7.45. The Kier molecular flexibility index (Phi) is 5.36. The number of hydrogen-bond donors (Lipinski definition) is 2. The van der Waals surface area contributed by atoms with E-state index in [1.165, 1.54) is 5.56 Å². The summed E-state index contributed by atoms with van der Waals surface area (Å²) in [6.07, 6.45) is -0.514. The topological polar surface area (TPSA) is 67.4 Å². The predicted molar refractivity (Wildman–Crippen MR) is 91.0 cm³/mol. The van der Waals surface area contributed by atoms with Crippen LogP contribution in [0, 0.1) is 13.8 Å². The van der Waals surface area contributed by atoms with E-state index >= 15 is 0 Å². The summed E-state index contributed by atoms with van der Waals surface area (Å²) in [7, 11) is 0. The maximum absolute atomic E-state index is 12.2. The van der Waals surface area contributed by atoms with Gasteiger partial charge in [-0.2, -0.15) is 0 Å². The molecule has 120 valence electrons. The molecule has 0 aromatic heterocycles. The van der Waals surface area contributed by atoms with Crippen LogP contribution in [0.2, 0.25) is 0 Å². The van der Waals surface area contributed by atoms with Gasteiger partial charge in [-0.1, -0.05) is 6.07 Å². The first-order valence-corrected chi connectivity index (χ1v) is 7.42. The van der Waals surface area contributed by atoms with Gasteiger partial charge in [0.1, 0.15) is 0 Å². The van der Waals surface area contributed by atoms with Crippen molar-refractivity contribution in [1.82, 2.24) is 0 Å². The minimum atomic E-state index is -0.514. The Balaban J connectivity index is 2.02. The largest absolute Gasteiger partial charge is 0.450 e. The molecule has 0 spiro atoms. The van der Waals surface area contributed by atoms with Gasteiger partial charge in [-0.05, 0) is 68.3 Å². The van der Waals surface area contributed by atoms with Gasteiger partial charge in [0.2, 0.25) is 0 Å². The Bertz CT molecular complexity index is 709. The highest BCUT2D eigenvalue weighted by Crippen LogP contribution is 2.16. The molecule has 0 fully saturated rings. The van der Waals surface area contributed by atoms with Crippen molar-refractivity contribution < 1.29 is 14.3 Å². The molecule has 0 aliphatic rings. The first kappa shape index (κ1) is 16.5. The molecule has 2 aromatic rings.